The SMILES string of the molecule is Nc1cc(Cl)c(NCC2CCC(=O)N2)c(Cl)c1. The normalized spacial score (nSPS) is 19.2. The monoisotopic (exact) mass is 273 g/mol. The highest BCUT2D eigenvalue weighted by atomic mass is 35.5. The van der Waals surface area contributed by atoms with E-state index in [-0.39, 0.29) is 11.9 Å². The molecule has 6 heteroatoms. The van der Waals surface area contributed by atoms with Crippen molar-refractivity contribution in [1.82, 2.24) is 5.32 Å². The molecule has 17 heavy (non-hydrogen) atoms. The Labute approximate surface area is 109 Å². The standard InChI is InChI=1S/C11H13Cl2N3O/c12-8-3-6(14)4-9(13)11(8)15-5-7-1-2-10(17)16-7/h3-4,7,15H,1-2,5,14H2,(H,16,17). The van der Waals surface area contributed by atoms with Crippen molar-refractivity contribution in [2.75, 3.05) is 17.6 Å². The molecule has 1 amide bonds. The maximum Gasteiger partial charge on any atom is 0.220 e. The van der Waals surface area contributed by atoms with E-state index < -0.39 is 0 Å². The molecule has 0 aromatic heterocycles. The summed E-state index contributed by atoms with van der Waals surface area (Å²) in [7, 11) is 0. The minimum Gasteiger partial charge on any atom is -0.399 e. The first-order chi connectivity index (χ1) is 8.06. The number of nitrogens with one attached hydrogen (secondary N) is 2. The highest BCUT2D eigenvalue weighted by Gasteiger charge is 2.20. The summed E-state index contributed by atoms with van der Waals surface area (Å²) in [4.78, 5) is 11.0. The minimum atomic E-state index is 0.0892. The summed E-state index contributed by atoms with van der Waals surface area (Å²) in [6.45, 7) is 0.606. The van der Waals surface area contributed by atoms with Gasteiger partial charge in [0.05, 0.1) is 15.7 Å². The van der Waals surface area contributed by atoms with Gasteiger partial charge in [0.25, 0.3) is 0 Å². The zero-order chi connectivity index (χ0) is 12.4. The Morgan fingerprint density at radius 1 is 1.41 bits per heavy atom. The predicted molar refractivity (Wildman–Crippen MR) is 70.5 cm³/mol. The van der Waals surface area contributed by atoms with Gasteiger partial charge in [0.15, 0.2) is 0 Å². The smallest absolute Gasteiger partial charge is 0.220 e. The van der Waals surface area contributed by atoms with E-state index in [1.807, 2.05) is 0 Å². The lowest BCUT2D eigenvalue weighted by Crippen LogP contribution is -2.31. The van der Waals surface area contributed by atoms with Gasteiger partial charge in [-0.05, 0) is 18.6 Å². The summed E-state index contributed by atoms with van der Waals surface area (Å²) in [5, 5.41) is 6.97. The van der Waals surface area contributed by atoms with Gasteiger partial charge in [0.1, 0.15) is 0 Å². The fourth-order valence-electron chi connectivity index (χ4n) is 1.82. The van der Waals surface area contributed by atoms with E-state index in [1.165, 1.54) is 0 Å². The highest BCUT2D eigenvalue weighted by molar-refractivity contribution is 6.39. The number of rotatable bonds is 3. The van der Waals surface area contributed by atoms with Gasteiger partial charge >= 0.3 is 0 Å². The van der Waals surface area contributed by atoms with Crippen molar-refractivity contribution in [2.24, 2.45) is 0 Å². The topological polar surface area (TPSA) is 67.1 Å². The summed E-state index contributed by atoms with van der Waals surface area (Å²) in [5.41, 5.74) is 6.79. The Morgan fingerprint density at radius 2 is 2.06 bits per heavy atom. The van der Waals surface area contributed by atoms with E-state index in [9.17, 15) is 4.79 Å². The average Bonchev–Trinajstić information content (AvgIpc) is 2.62. The number of amides is 1. The number of carbonyl (C=O) groups is 1. The molecule has 0 bridgehead atoms. The predicted octanol–water partition coefficient (Wildman–Crippen LogP) is 2.27. The Balaban J connectivity index is 2.01. The van der Waals surface area contributed by atoms with Crippen molar-refractivity contribution < 1.29 is 4.79 Å². The van der Waals surface area contributed by atoms with E-state index in [0.29, 0.717) is 34.4 Å². The van der Waals surface area contributed by atoms with Crippen LogP contribution in [-0.4, -0.2) is 18.5 Å². The molecule has 4 N–H and O–H groups in total. The highest BCUT2D eigenvalue weighted by Crippen LogP contribution is 2.32. The number of anilines is 2. The third kappa shape index (κ3) is 2.96. The zero-order valence-electron chi connectivity index (χ0n) is 9.09. The van der Waals surface area contributed by atoms with Crippen molar-refractivity contribution in [3.63, 3.8) is 0 Å². The number of nitrogen functional groups attached to an aromatic ring is 1. The van der Waals surface area contributed by atoms with Gasteiger partial charge in [-0.15, -0.1) is 0 Å². The number of hydrogen-bond acceptors (Lipinski definition) is 3. The van der Waals surface area contributed by atoms with Crippen LogP contribution < -0.4 is 16.4 Å². The first kappa shape index (κ1) is 12.3. The summed E-state index contributed by atoms with van der Waals surface area (Å²) in [5.74, 6) is 0.0892. The Morgan fingerprint density at radius 3 is 2.59 bits per heavy atom. The molecule has 92 valence electrons. The van der Waals surface area contributed by atoms with Crippen molar-refractivity contribution in [1.29, 1.82) is 0 Å². The second-order valence-electron chi connectivity index (χ2n) is 4.04. The molecule has 0 saturated carbocycles. The molecule has 0 radical (unpaired) electrons. The van der Waals surface area contributed by atoms with Crippen LogP contribution >= 0.6 is 23.2 Å². The number of halogens is 2. The van der Waals surface area contributed by atoms with Crippen LogP contribution in [0.25, 0.3) is 0 Å². The van der Waals surface area contributed by atoms with Crippen LogP contribution in [0.5, 0.6) is 0 Å². The molecule has 2 rings (SSSR count). The van der Waals surface area contributed by atoms with Gasteiger partial charge in [-0.2, -0.15) is 0 Å². The fraction of sp³-hybridized carbons (Fsp3) is 0.364. The molecule has 0 spiro atoms. The summed E-state index contributed by atoms with van der Waals surface area (Å²) in [6.07, 6.45) is 1.41. The van der Waals surface area contributed by atoms with Crippen LogP contribution in [0, 0.1) is 0 Å². The van der Waals surface area contributed by atoms with Crippen molar-refractivity contribution >= 4 is 40.5 Å². The van der Waals surface area contributed by atoms with Gasteiger partial charge in [-0.3, -0.25) is 4.79 Å². The third-order valence-corrected chi connectivity index (χ3v) is 3.27. The fourth-order valence-corrected chi connectivity index (χ4v) is 2.45. The molecule has 4 nitrogen and oxygen atoms in total. The molecular formula is C11H13Cl2N3O. The third-order valence-electron chi connectivity index (χ3n) is 2.67. The average molecular weight is 274 g/mol. The van der Waals surface area contributed by atoms with Gasteiger partial charge in [0.2, 0.25) is 5.91 Å². The van der Waals surface area contributed by atoms with Gasteiger partial charge < -0.3 is 16.4 Å². The lowest BCUT2D eigenvalue weighted by molar-refractivity contribution is -0.119. The summed E-state index contributed by atoms with van der Waals surface area (Å²) in [6, 6.07) is 3.42. The van der Waals surface area contributed by atoms with Gasteiger partial charge in [-0.25, -0.2) is 0 Å². The van der Waals surface area contributed by atoms with Gasteiger partial charge in [-0.1, -0.05) is 23.2 Å². The van der Waals surface area contributed by atoms with Crippen LogP contribution in [0.3, 0.4) is 0 Å². The first-order valence-corrected chi connectivity index (χ1v) is 6.09. The lowest BCUT2D eigenvalue weighted by Gasteiger charge is -2.15. The van der Waals surface area contributed by atoms with E-state index >= 15 is 0 Å². The molecule has 1 heterocycles. The van der Waals surface area contributed by atoms with Crippen LogP contribution in [0.4, 0.5) is 11.4 Å². The number of carbonyl (C=O) groups excluding carboxylic acids is 1. The van der Waals surface area contributed by atoms with E-state index in [0.717, 1.165) is 6.42 Å². The van der Waals surface area contributed by atoms with E-state index in [1.54, 1.807) is 12.1 Å². The second-order valence-corrected chi connectivity index (χ2v) is 4.86. The molecule has 1 atom stereocenters. The van der Waals surface area contributed by atoms with Crippen LogP contribution in [-0.2, 0) is 4.79 Å². The molecule has 0 aliphatic carbocycles. The minimum absolute atomic E-state index is 0.0892. The zero-order valence-corrected chi connectivity index (χ0v) is 10.6. The first-order valence-electron chi connectivity index (χ1n) is 5.34. The maximum atomic E-state index is 11.0. The molecule has 1 unspecified atom stereocenters. The molecular weight excluding hydrogens is 261 g/mol. The summed E-state index contributed by atoms with van der Waals surface area (Å²) >= 11 is 12.1. The molecule has 1 aliphatic heterocycles. The summed E-state index contributed by atoms with van der Waals surface area (Å²) < 4.78 is 0. The van der Waals surface area contributed by atoms with Crippen LogP contribution in [0.2, 0.25) is 10.0 Å². The quantitative estimate of drug-likeness (QED) is 0.741. The number of nitrogens with two attached hydrogens (primary N) is 1. The van der Waals surface area contributed by atoms with Crippen LogP contribution in [0.1, 0.15) is 12.8 Å². The molecule has 1 aliphatic rings. The van der Waals surface area contributed by atoms with Crippen molar-refractivity contribution in [3.05, 3.63) is 22.2 Å². The molecule has 1 saturated heterocycles. The second kappa shape index (κ2) is 5.02. The van der Waals surface area contributed by atoms with Crippen molar-refractivity contribution in [3.8, 4) is 0 Å². The Kier molecular flexibility index (Phi) is 3.64. The number of benzene rings is 1. The number of hydrogen-bond donors (Lipinski definition) is 3. The molecule has 1 fully saturated rings. The Bertz CT molecular complexity index is 427. The molecule has 1 aromatic rings. The largest absolute Gasteiger partial charge is 0.399 e. The van der Waals surface area contributed by atoms with E-state index in [2.05, 4.69) is 10.6 Å². The van der Waals surface area contributed by atoms with E-state index in [4.69, 9.17) is 28.9 Å². The van der Waals surface area contributed by atoms with Gasteiger partial charge in [0, 0.05) is 24.7 Å². The van der Waals surface area contributed by atoms with Crippen molar-refractivity contribution in [2.45, 2.75) is 18.9 Å². The van der Waals surface area contributed by atoms with Crippen LogP contribution in [0.15, 0.2) is 12.1 Å². The maximum absolute atomic E-state index is 11.0. The lowest BCUT2D eigenvalue weighted by atomic mass is 10.2. The molecule has 1 aromatic carbocycles. The Hall–Kier alpha value is -1.13.